The summed E-state index contributed by atoms with van der Waals surface area (Å²) in [5, 5.41) is 15.2. The van der Waals surface area contributed by atoms with Crippen LogP contribution >= 0.6 is 11.3 Å². The van der Waals surface area contributed by atoms with Gasteiger partial charge in [0.05, 0.1) is 6.04 Å². The number of hydrogen-bond donors (Lipinski definition) is 5. The van der Waals surface area contributed by atoms with Crippen molar-refractivity contribution in [2.24, 2.45) is 10.9 Å². The van der Waals surface area contributed by atoms with Gasteiger partial charge in [-0.15, -0.1) is 11.3 Å². The normalized spacial score (nSPS) is 18.8. The summed E-state index contributed by atoms with van der Waals surface area (Å²) in [7, 11) is -4.73. The van der Waals surface area contributed by atoms with Gasteiger partial charge in [0, 0.05) is 10.9 Å². The van der Waals surface area contributed by atoms with E-state index in [2.05, 4.69) is 15.5 Å². The van der Waals surface area contributed by atoms with Crippen LogP contribution < -0.4 is 16.8 Å². The molecule has 1 fully saturated rings. The molecule has 1 aromatic heterocycles. The zero-order valence-corrected chi connectivity index (χ0v) is 18.2. The molecule has 13 nitrogen and oxygen atoms in total. The van der Waals surface area contributed by atoms with Crippen LogP contribution in [0.4, 0.5) is 5.13 Å². The third-order valence-electron chi connectivity index (χ3n) is 4.50. The molecule has 1 aromatic carbocycles. The number of amides is 2. The van der Waals surface area contributed by atoms with E-state index in [1.54, 1.807) is 24.3 Å². The maximum absolute atomic E-state index is 12.7. The lowest BCUT2D eigenvalue weighted by Gasteiger charge is -2.42. The van der Waals surface area contributed by atoms with Gasteiger partial charge in [0.1, 0.15) is 24.2 Å². The average Bonchev–Trinajstić information content (AvgIpc) is 3.14. The van der Waals surface area contributed by atoms with Crippen molar-refractivity contribution in [3.8, 4) is 0 Å². The van der Waals surface area contributed by atoms with Crippen LogP contribution in [0.15, 0.2) is 34.8 Å². The monoisotopic (exact) mass is 481 g/mol. The summed E-state index contributed by atoms with van der Waals surface area (Å²) in [5.41, 5.74) is 12.1. The number of benzene rings is 1. The molecular weight excluding hydrogens is 462 g/mol. The summed E-state index contributed by atoms with van der Waals surface area (Å²) >= 11 is 1.06. The Morgan fingerprint density at radius 3 is 2.56 bits per heavy atom. The highest BCUT2D eigenvalue weighted by atomic mass is 32.2. The predicted molar refractivity (Wildman–Crippen MR) is 115 cm³/mol. The molecule has 2 heterocycles. The molecule has 2 atom stereocenters. The van der Waals surface area contributed by atoms with Gasteiger partial charge in [0.15, 0.2) is 10.8 Å². The zero-order valence-electron chi connectivity index (χ0n) is 16.5. The lowest BCUT2D eigenvalue weighted by Crippen LogP contribution is -2.71. The van der Waals surface area contributed by atoms with Crippen molar-refractivity contribution in [3.63, 3.8) is 0 Å². The first-order valence-corrected chi connectivity index (χ1v) is 11.2. The Kier molecular flexibility index (Phi) is 6.42. The molecule has 0 radical (unpaired) electrons. The molecule has 1 saturated heterocycles. The van der Waals surface area contributed by atoms with Crippen molar-refractivity contribution in [1.82, 2.24) is 14.6 Å². The van der Waals surface area contributed by atoms with Gasteiger partial charge in [-0.2, -0.15) is 8.42 Å². The number of rotatable bonds is 8. The van der Waals surface area contributed by atoms with Gasteiger partial charge in [-0.05, 0) is 12.5 Å². The van der Waals surface area contributed by atoms with Crippen molar-refractivity contribution in [2.45, 2.75) is 25.6 Å². The number of thiazole rings is 1. The number of nitrogens with one attached hydrogen (secondary N) is 2. The molecule has 1 aliphatic heterocycles. The van der Waals surface area contributed by atoms with Crippen LogP contribution in [0.2, 0.25) is 0 Å². The van der Waals surface area contributed by atoms with Crippen LogP contribution in [0.5, 0.6) is 0 Å². The van der Waals surface area contributed by atoms with Crippen LogP contribution in [0.25, 0.3) is 0 Å². The molecule has 170 valence electrons. The quantitative estimate of drug-likeness (QED) is 0.107. The highest BCUT2D eigenvalue weighted by molar-refractivity contribution is 7.84. The lowest BCUT2D eigenvalue weighted by molar-refractivity contribution is -0.143. The summed E-state index contributed by atoms with van der Waals surface area (Å²) in [6.45, 7) is 1.32. The molecule has 15 heteroatoms. The van der Waals surface area contributed by atoms with Gasteiger partial charge < -0.3 is 21.6 Å². The largest absolute Gasteiger partial charge is 0.390 e. The number of nitrogen functional groups attached to an aromatic ring is 2. The fourth-order valence-electron chi connectivity index (χ4n) is 2.87. The maximum atomic E-state index is 12.7. The smallest absolute Gasteiger partial charge is 0.362 e. The van der Waals surface area contributed by atoms with E-state index in [-0.39, 0.29) is 33.3 Å². The van der Waals surface area contributed by atoms with E-state index in [9.17, 15) is 18.0 Å². The highest BCUT2D eigenvalue weighted by Crippen LogP contribution is 2.23. The summed E-state index contributed by atoms with van der Waals surface area (Å²) in [6.07, 6.45) is 0. The van der Waals surface area contributed by atoms with Crippen molar-refractivity contribution < 1.29 is 27.4 Å². The number of hydrogen-bond acceptors (Lipinski definition) is 10. The molecule has 2 aromatic rings. The Morgan fingerprint density at radius 1 is 1.41 bits per heavy atom. The van der Waals surface area contributed by atoms with E-state index in [0.29, 0.717) is 11.1 Å². The topological polar surface area (TPSA) is 214 Å². The summed E-state index contributed by atoms with van der Waals surface area (Å²) in [5.74, 6) is -1.91. The number of oxime groups is 1. The number of anilines is 1. The van der Waals surface area contributed by atoms with Gasteiger partial charge in [-0.1, -0.05) is 29.4 Å². The Hall–Kier alpha value is -3.56. The molecule has 0 saturated carbocycles. The van der Waals surface area contributed by atoms with E-state index in [1.807, 2.05) is 0 Å². The SMILES string of the molecule is CC1C(NC(=O)/C(=N\OCc2ccc(C(=N)N)cc2)c2csc(N)n2)C(=O)N1S(=O)(=O)O. The maximum Gasteiger partial charge on any atom is 0.362 e. The number of β-lactam (4-membered cyclic amide) rings is 1. The van der Waals surface area contributed by atoms with Crippen molar-refractivity contribution in [1.29, 1.82) is 5.41 Å². The van der Waals surface area contributed by atoms with Crippen molar-refractivity contribution in [2.75, 3.05) is 5.73 Å². The Balaban J connectivity index is 1.74. The van der Waals surface area contributed by atoms with Gasteiger partial charge >= 0.3 is 10.3 Å². The summed E-state index contributed by atoms with van der Waals surface area (Å²) in [6, 6.07) is 4.42. The van der Waals surface area contributed by atoms with Crippen molar-refractivity contribution in [3.05, 3.63) is 46.5 Å². The van der Waals surface area contributed by atoms with Gasteiger partial charge in [0.25, 0.3) is 11.8 Å². The van der Waals surface area contributed by atoms with E-state index in [1.165, 1.54) is 12.3 Å². The number of amidine groups is 1. The van der Waals surface area contributed by atoms with Gasteiger partial charge in [-0.3, -0.25) is 19.6 Å². The second kappa shape index (κ2) is 8.89. The van der Waals surface area contributed by atoms with E-state index >= 15 is 0 Å². The first-order valence-electron chi connectivity index (χ1n) is 8.95. The number of nitrogens with zero attached hydrogens (tertiary/aromatic N) is 3. The molecule has 0 aliphatic carbocycles. The van der Waals surface area contributed by atoms with Crippen LogP contribution in [0.1, 0.15) is 23.7 Å². The standard InChI is InChI=1S/C17H19N7O6S2/c1-8-12(16(26)24(8)32(27,28)29)22-15(25)13(11-7-31-17(20)21-11)23-30-6-9-2-4-10(5-3-9)14(18)19/h2-5,7-8,12H,6H2,1H3,(H3,18,19)(H2,20,21)(H,22,25)(H,27,28,29)/b23-13-. The average molecular weight is 482 g/mol. The third kappa shape index (κ3) is 4.84. The van der Waals surface area contributed by atoms with Crippen LogP contribution in [0, 0.1) is 5.41 Å². The lowest BCUT2D eigenvalue weighted by atomic mass is 10.0. The molecule has 0 bridgehead atoms. The number of nitrogens with two attached hydrogens (primary N) is 2. The zero-order chi connectivity index (χ0) is 23.6. The molecule has 2 unspecified atom stereocenters. The first kappa shape index (κ1) is 23.1. The second-order valence-corrected chi connectivity index (χ2v) is 8.88. The molecular formula is C17H19N7O6S2. The minimum absolute atomic E-state index is 0.0239. The third-order valence-corrected chi connectivity index (χ3v) is 6.19. The van der Waals surface area contributed by atoms with E-state index in [0.717, 1.165) is 11.3 Å². The molecule has 2 amide bonds. The fraction of sp³-hybridized carbons (Fsp3) is 0.235. The van der Waals surface area contributed by atoms with Crippen LogP contribution in [-0.4, -0.2) is 57.7 Å². The molecule has 1 aliphatic rings. The molecule has 0 spiro atoms. The number of carbonyl (C=O) groups is 2. The first-order chi connectivity index (χ1) is 15.0. The minimum atomic E-state index is -4.73. The van der Waals surface area contributed by atoms with E-state index in [4.69, 9.17) is 26.3 Å². The van der Waals surface area contributed by atoms with E-state index < -0.39 is 34.2 Å². The Morgan fingerprint density at radius 2 is 2.06 bits per heavy atom. The number of aromatic nitrogens is 1. The summed E-state index contributed by atoms with van der Waals surface area (Å²) in [4.78, 5) is 34.0. The fourth-order valence-corrected chi connectivity index (χ4v) is 4.30. The predicted octanol–water partition coefficient (Wildman–Crippen LogP) is -0.551. The molecule has 3 rings (SSSR count). The van der Waals surface area contributed by atoms with Gasteiger partial charge in [-0.25, -0.2) is 9.29 Å². The van der Waals surface area contributed by atoms with Crippen LogP contribution in [0.3, 0.4) is 0 Å². The summed E-state index contributed by atoms with van der Waals surface area (Å²) < 4.78 is 31.8. The van der Waals surface area contributed by atoms with Crippen LogP contribution in [-0.2, 0) is 31.3 Å². The Bertz CT molecular complexity index is 1190. The Labute approximate surface area is 186 Å². The number of carbonyl (C=O) groups excluding carboxylic acids is 2. The molecule has 7 N–H and O–H groups in total. The second-order valence-electron chi connectivity index (χ2n) is 6.70. The minimum Gasteiger partial charge on any atom is -0.390 e. The van der Waals surface area contributed by atoms with Crippen molar-refractivity contribution >= 4 is 50.1 Å². The highest BCUT2D eigenvalue weighted by Gasteiger charge is 2.51. The van der Waals surface area contributed by atoms with Gasteiger partial charge in [0.2, 0.25) is 0 Å². The molecule has 32 heavy (non-hydrogen) atoms.